The predicted octanol–water partition coefficient (Wildman–Crippen LogP) is 2.19. The zero-order chi connectivity index (χ0) is 15.1. The van der Waals surface area contributed by atoms with Gasteiger partial charge >= 0.3 is 0 Å². The van der Waals surface area contributed by atoms with Gasteiger partial charge in [0.15, 0.2) is 0 Å². The highest BCUT2D eigenvalue weighted by Crippen LogP contribution is 2.26. The lowest BCUT2D eigenvalue weighted by Crippen LogP contribution is -2.44. The van der Waals surface area contributed by atoms with Crippen LogP contribution in [0, 0.1) is 0 Å². The summed E-state index contributed by atoms with van der Waals surface area (Å²) in [6.07, 6.45) is 0.959. The van der Waals surface area contributed by atoms with E-state index in [4.69, 9.17) is 17.3 Å². The average molecular weight is 298 g/mol. The molecule has 0 aliphatic rings. The van der Waals surface area contributed by atoms with E-state index in [0.29, 0.717) is 11.6 Å². The van der Waals surface area contributed by atoms with Crippen LogP contribution in [0.1, 0.15) is 31.9 Å². The predicted molar refractivity (Wildman–Crippen MR) is 83.8 cm³/mol. The van der Waals surface area contributed by atoms with Crippen LogP contribution < -0.4 is 11.1 Å². The van der Waals surface area contributed by atoms with Crippen LogP contribution in [0.3, 0.4) is 0 Å². The number of likely N-dealkylation sites (N-methyl/N-ethyl adjacent to an activating group) is 1. The molecule has 112 valence electrons. The van der Waals surface area contributed by atoms with Crippen LogP contribution >= 0.6 is 11.6 Å². The summed E-state index contributed by atoms with van der Waals surface area (Å²) in [6, 6.07) is 7.56. The molecule has 0 fully saturated rings. The second-order valence-electron chi connectivity index (χ2n) is 5.00. The summed E-state index contributed by atoms with van der Waals surface area (Å²) in [5.74, 6) is -0.00821. The highest BCUT2D eigenvalue weighted by Gasteiger charge is 2.25. The van der Waals surface area contributed by atoms with E-state index in [1.165, 1.54) is 0 Å². The molecular formula is C15H24ClN3O. The summed E-state index contributed by atoms with van der Waals surface area (Å²) in [5, 5.41) is 3.35. The van der Waals surface area contributed by atoms with Gasteiger partial charge in [-0.15, -0.1) is 0 Å². The minimum absolute atomic E-state index is 0.00821. The molecule has 0 bridgehead atoms. The van der Waals surface area contributed by atoms with Crippen molar-refractivity contribution in [3.05, 3.63) is 34.9 Å². The van der Waals surface area contributed by atoms with Gasteiger partial charge in [0, 0.05) is 18.1 Å². The van der Waals surface area contributed by atoms with Gasteiger partial charge in [-0.3, -0.25) is 9.69 Å². The van der Waals surface area contributed by atoms with Gasteiger partial charge in [0.1, 0.15) is 0 Å². The third kappa shape index (κ3) is 4.78. The van der Waals surface area contributed by atoms with Crippen LogP contribution in [0.15, 0.2) is 24.3 Å². The fourth-order valence-electron chi connectivity index (χ4n) is 2.40. The molecule has 2 unspecified atom stereocenters. The molecule has 1 aromatic rings. The number of nitrogens with zero attached hydrogens (tertiary/aromatic N) is 1. The van der Waals surface area contributed by atoms with Crippen molar-refractivity contribution in [2.24, 2.45) is 5.73 Å². The van der Waals surface area contributed by atoms with Crippen molar-refractivity contribution in [2.75, 3.05) is 20.1 Å². The first-order valence-corrected chi connectivity index (χ1v) is 7.33. The molecule has 0 saturated heterocycles. The standard InChI is InChI=1S/C15H24ClN3O/c1-4-8-19(10-14(20)18-3)15(11(2)17)12-6-5-7-13(16)9-12/h5-7,9,11,15H,4,8,10,17H2,1-3H3,(H,18,20). The first-order chi connectivity index (χ1) is 9.49. The van der Waals surface area contributed by atoms with Gasteiger partial charge in [-0.2, -0.15) is 0 Å². The summed E-state index contributed by atoms with van der Waals surface area (Å²) in [5.41, 5.74) is 7.20. The van der Waals surface area contributed by atoms with E-state index in [0.717, 1.165) is 18.5 Å². The van der Waals surface area contributed by atoms with E-state index in [1.807, 2.05) is 31.2 Å². The number of rotatable bonds is 7. The number of nitrogens with one attached hydrogen (secondary N) is 1. The SMILES string of the molecule is CCCN(CC(=O)NC)C(c1cccc(Cl)c1)C(C)N. The molecule has 1 aromatic carbocycles. The van der Waals surface area contributed by atoms with Gasteiger partial charge in [-0.1, -0.05) is 30.7 Å². The van der Waals surface area contributed by atoms with Crippen LogP contribution in [0.5, 0.6) is 0 Å². The minimum atomic E-state index is -0.0929. The third-order valence-corrected chi connectivity index (χ3v) is 3.45. The Morgan fingerprint density at radius 1 is 1.50 bits per heavy atom. The maximum Gasteiger partial charge on any atom is 0.233 e. The lowest BCUT2D eigenvalue weighted by molar-refractivity contribution is -0.122. The summed E-state index contributed by atoms with van der Waals surface area (Å²) in [4.78, 5) is 13.8. The first kappa shape index (κ1) is 17.0. The third-order valence-electron chi connectivity index (χ3n) is 3.22. The normalized spacial score (nSPS) is 14.1. The van der Waals surface area contributed by atoms with Gasteiger partial charge < -0.3 is 11.1 Å². The minimum Gasteiger partial charge on any atom is -0.358 e. The fraction of sp³-hybridized carbons (Fsp3) is 0.533. The Hall–Kier alpha value is -1.10. The molecule has 2 atom stereocenters. The van der Waals surface area contributed by atoms with Crippen molar-refractivity contribution < 1.29 is 4.79 Å². The van der Waals surface area contributed by atoms with Gasteiger partial charge in [0.05, 0.1) is 12.6 Å². The molecule has 0 aliphatic carbocycles. The smallest absolute Gasteiger partial charge is 0.233 e. The number of hydrogen-bond acceptors (Lipinski definition) is 3. The van der Waals surface area contributed by atoms with E-state index in [9.17, 15) is 4.79 Å². The van der Waals surface area contributed by atoms with Crippen molar-refractivity contribution in [3.8, 4) is 0 Å². The van der Waals surface area contributed by atoms with Crippen LogP contribution in [-0.4, -0.2) is 37.0 Å². The Balaban J connectivity index is 3.04. The highest BCUT2D eigenvalue weighted by molar-refractivity contribution is 6.30. The highest BCUT2D eigenvalue weighted by atomic mass is 35.5. The first-order valence-electron chi connectivity index (χ1n) is 6.95. The molecule has 0 spiro atoms. The molecule has 0 saturated carbocycles. The Labute approximate surface area is 126 Å². The van der Waals surface area contributed by atoms with E-state index in [1.54, 1.807) is 7.05 Å². The molecule has 5 heteroatoms. The number of benzene rings is 1. The number of hydrogen-bond donors (Lipinski definition) is 2. The van der Waals surface area contributed by atoms with Gasteiger partial charge in [-0.05, 0) is 37.6 Å². The van der Waals surface area contributed by atoms with E-state index >= 15 is 0 Å². The van der Waals surface area contributed by atoms with E-state index in [2.05, 4.69) is 17.1 Å². The second-order valence-corrected chi connectivity index (χ2v) is 5.44. The zero-order valence-corrected chi connectivity index (χ0v) is 13.2. The molecule has 1 amide bonds. The fourth-order valence-corrected chi connectivity index (χ4v) is 2.60. The van der Waals surface area contributed by atoms with Crippen molar-refractivity contribution in [1.29, 1.82) is 0 Å². The summed E-state index contributed by atoms with van der Waals surface area (Å²) >= 11 is 6.07. The Morgan fingerprint density at radius 2 is 2.20 bits per heavy atom. The number of nitrogens with two attached hydrogens (primary N) is 1. The summed E-state index contributed by atoms with van der Waals surface area (Å²) in [7, 11) is 1.65. The lowest BCUT2D eigenvalue weighted by Gasteiger charge is -2.34. The summed E-state index contributed by atoms with van der Waals surface area (Å²) < 4.78 is 0. The van der Waals surface area contributed by atoms with Crippen molar-refractivity contribution in [1.82, 2.24) is 10.2 Å². The molecule has 3 N–H and O–H groups in total. The topological polar surface area (TPSA) is 58.4 Å². The van der Waals surface area contributed by atoms with Crippen LogP contribution in [0.2, 0.25) is 5.02 Å². The van der Waals surface area contributed by atoms with E-state index in [-0.39, 0.29) is 18.0 Å². The van der Waals surface area contributed by atoms with Crippen LogP contribution in [0.25, 0.3) is 0 Å². The average Bonchev–Trinajstić information content (AvgIpc) is 2.38. The molecule has 4 nitrogen and oxygen atoms in total. The number of carbonyl (C=O) groups excluding carboxylic acids is 1. The maximum atomic E-state index is 11.7. The second kappa shape index (κ2) is 8.25. The molecule has 0 radical (unpaired) electrons. The molecular weight excluding hydrogens is 274 g/mol. The van der Waals surface area contributed by atoms with Crippen molar-refractivity contribution in [2.45, 2.75) is 32.4 Å². The van der Waals surface area contributed by atoms with Crippen molar-refractivity contribution >= 4 is 17.5 Å². The van der Waals surface area contributed by atoms with Gasteiger partial charge in [-0.25, -0.2) is 0 Å². The van der Waals surface area contributed by atoms with E-state index < -0.39 is 0 Å². The molecule has 1 rings (SSSR count). The molecule has 0 aromatic heterocycles. The summed E-state index contributed by atoms with van der Waals surface area (Å²) in [6.45, 7) is 5.19. The Bertz CT molecular complexity index is 437. The lowest BCUT2D eigenvalue weighted by atomic mass is 9.99. The number of carbonyl (C=O) groups is 1. The number of halogens is 1. The molecule has 0 heterocycles. The number of amides is 1. The largest absolute Gasteiger partial charge is 0.358 e. The van der Waals surface area contributed by atoms with Crippen molar-refractivity contribution in [3.63, 3.8) is 0 Å². The Kier molecular flexibility index (Phi) is 6.99. The maximum absolute atomic E-state index is 11.7. The zero-order valence-electron chi connectivity index (χ0n) is 12.4. The van der Waals surface area contributed by atoms with Crippen LogP contribution in [-0.2, 0) is 4.79 Å². The molecule has 20 heavy (non-hydrogen) atoms. The molecule has 0 aliphatic heterocycles. The monoisotopic (exact) mass is 297 g/mol. The van der Waals surface area contributed by atoms with Gasteiger partial charge in [0.2, 0.25) is 5.91 Å². The van der Waals surface area contributed by atoms with Crippen LogP contribution in [0.4, 0.5) is 0 Å². The quantitative estimate of drug-likeness (QED) is 0.811. The Morgan fingerprint density at radius 3 is 2.70 bits per heavy atom. The van der Waals surface area contributed by atoms with Gasteiger partial charge in [0.25, 0.3) is 0 Å².